The van der Waals surface area contributed by atoms with Crippen LogP contribution in [0.1, 0.15) is 33.1 Å². The van der Waals surface area contributed by atoms with Gasteiger partial charge in [0, 0.05) is 13.1 Å². The van der Waals surface area contributed by atoms with Gasteiger partial charge in [-0.2, -0.15) is 4.98 Å². The molecule has 100 valence electrons. The number of aromatic nitrogens is 2. The Kier molecular flexibility index (Phi) is 4.38. The van der Waals surface area contributed by atoms with E-state index in [1.165, 1.54) is 6.42 Å². The molecule has 0 radical (unpaired) electrons. The summed E-state index contributed by atoms with van der Waals surface area (Å²) >= 11 is 5.74. The zero-order chi connectivity index (χ0) is 13.1. The summed E-state index contributed by atoms with van der Waals surface area (Å²) in [5.74, 6) is 1.36. The molecule has 1 unspecified atom stereocenters. The first-order valence-corrected chi connectivity index (χ1v) is 6.88. The monoisotopic (exact) mass is 271 g/mol. The van der Waals surface area contributed by atoms with E-state index >= 15 is 0 Å². The Balaban J connectivity index is 2.12. The molecule has 1 saturated heterocycles. The standard InChI is InChI=1S/C13H19ClFN3/c1-9(2)10-4-3-6-18(7-5-10)12-11(15)8-16-13(14)17-12/h8-10H,3-7H2,1-2H3. The maximum absolute atomic E-state index is 13.7. The number of anilines is 1. The highest BCUT2D eigenvalue weighted by atomic mass is 35.5. The van der Waals surface area contributed by atoms with Crippen molar-refractivity contribution in [2.45, 2.75) is 33.1 Å². The molecule has 0 aromatic carbocycles. The van der Waals surface area contributed by atoms with E-state index in [4.69, 9.17) is 11.6 Å². The van der Waals surface area contributed by atoms with Crippen molar-refractivity contribution in [2.24, 2.45) is 11.8 Å². The first kappa shape index (κ1) is 13.5. The molecule has 1 aliphatic rings. The van der Waals surface area contributed by atoms with Crippen molar-refractivity contribution in [3.63, 3.8) is 0 Å². The molecule has 18 heavy (non-hydrogen) atoms. The minimum absolute atomic E-state index is 0.107. The van der Waals surface area contributed by atoms with Crippen LogP contribution in [0.15, 0.2) is 6.20 Å². The molecule has 1 aliphatic heterocycles. The number of halogens is 2. The second-order valence-corrected chi connectivity index (χ2v) is 5.57. The van der Waals surface area contributed by atoms with Crippen molar-refractivity contribution in [3.05, 3.63) is 17.3 Å². The molecule has 0 amide bonds. The summed E-state index contributed by atoms with van der Waals surface area (Å²) in [6, 6.07) is 0. The zero-order valence-electron chi connectivity index (χ0n) is 10.9. The number of rotatable bonds is 2. The van der Waals surface area contributed by atoms with E-state index in [0.29, 0.717) is 11.7 Å². The van der Waals surface area contributed by atoms with Crippen LogP contribution in [0.25, 0.3) is 0 Å². The number of hydrogen-bond donors (Lipinski definition) is 0. The Hall–Kier alpha value is -0.900. The normalized spacial score (nSPS) is 21.2. The highest BCUT2D eigenvalue weighted by Gasteiger charge is 2.22. The highest BCUT2D eigenvalue weighted by Crippen LogP contribution is 2.27. The molecular formula is C13H19ClFN3. The van der Waals surface area contributed by atoms with Crippen LogP contribution in [0, 0.1) is 17.7 Å². The Bertz CT molecular complexity index is 411. The third-order valence-corrected chi connectivity index (χ3v) is 3.89. The minimum atomic E-state index is -0.387. The molecule has 1 fully saturated rings. The molecule has 2 heterocycles. The van der Waals surface area contributed by atoms with E-state index in [0.717, 1.165) is 38.0 Å². The van der Waals surface area contributed by atoms with Crippen LogP contribution in [0.5, 0.6) is 0 Å². The predicted molar refractivity (Wildman–Crippen MR) is 71.4 cm³/mol. The summed E-state index contributed by atoms with van der Waals surface area (Å²) in [5, 5.41) is 0.107. The van der Waals surface area contributed by atoms with Gasteiger partial charge in [0.25, 0.3) is 0 Å². The average molecular weight is 272 g/mol. The number of nitrogens with zero attached hydrogens (tertiary/aromatic N) is 3. The molecule has 0 spiro atoms. The largest absolute Gasteiger partial charge is 0.354 e. The van der Waals surface area contributed by atoms with E-state index in [-0.39, 0.29) is 11.1 Å². The van der Waals surface area contributed by atoms with Gasteiger partial charge in [0.1, 0.15) is 0 Å². The average Bonchev–Trinajstić information content (AvgIpc) is 2.58. The van der Waals surface area contributed by atoms with E-state index in [2.05, 4.69) is 23.8 Å². The fourth-order valence-corrected chi connectivity index (χ4v) is 2.69. The van der Waals surface area contributed by atoms with Crippen molar-refractivity contribution < 1.29 is 4.39 Å². The molecule has 0 saturated carbocycles. The third-order valence-electron chi connectivity index (χ3n) is 3.71. The Morgan fingerprint density at radius 2 is 2.17 bits per heavy atom. The molecule has 0 N–H and O–H groups in total. The van der Waals surface area contributed by atoms with E-state index in [1.807, 2.05) is 4.90 Å². The van der Waals surface area contributed by atoms with Gasteiger partial charge in [0.05, 0.1) is 6.20 Å². The van der Waals surface area contributed by atoms with Crippen molar-refractivity contribution in [3.8, 4) is 0 Å². The molecular weight excluding hydrogens is 253 g/mol. The zero-order valence-corrected chi connectivity index (χ0v) is 11.6. The lowest BCUT2D eigenvalue weighted by Gasteiger charge is -2.22. The first-order chi connectivity index (χ1) is 8.58. The van der Waals surface area contributed by atoms with Crippen molar-refractivity contribution in [1.82, 2.24) is 9.97 Å². The molecule has 2 rings (SSSR count). The van der Waals surface area contributed by atoms with Gasteiger partial charge in [-0.15, -0.1) is 0 Å². The Morgan fingerprint density at radius 3 is 2.89 bits per heavy atom. The van der Waals surface area contributed by atoms with Crippen molar-refractivity contribution >= 4 is 17.4 Å². The van der Waals surface area contributed by atoms with Gasteiger partial charge < -0.3 is 4.90 Å². The lowest BCUT2D eigenvalue weighted by molar-refractivity contribution is 0.351. The van der Waals surface area contributed by atoms with Crippen molar-refractivity contribution in [2.75, 3.05) is 18.0 Å². The van der Waals surface area contributed by atoms with Crippen LogP contribution in [-0.4, -0.2) is 23.1 Å². The SMILES string of the molecule is CC(C)C1CCCN(c2nc(Cl)ncc2F)CC1. The summed E-state index contributed by atoms with van der Waals surface area (Å²) in [6.45, 7) is 6.19. The van der Waals surface area contributed by atoms with Crippen molar-refractivity contribution in [1.29, 1.82) is 0 Å². The molecule has 1 aromatic heterocycles. The lowest BCUT2D eigenvalue weighted by atomic mass is 9.89. The van der Waals surface area contributed by atoms with Gasteiger partial charge in [-0.05, 0) is 42.7 Å². The second-order valence-electron chi connectivity index (χ2n) is 5.23. The van der Waals surface area contributed by atoms with E-state index < -0.39 is 0 Å². The predicted octanol–water partition coefficient (Wildman–Crippen LogP) is 3.53. The summed E-state index contributed by atoms with van der Waals surface area (Å²) in [6.07, 6.45) is 4.51. The van der Waals surface area contributed by atoms with Gasteiger partial charge >= 0.3 is 0 Å². The van der Waals surface area contributed by atoms with Crippen LogP contribution < -0.4 is 4.90 Å². The topological polar surface area (TPSA) is 29.0 Å². The summed E-state index contributed by atoms with van der Waals surface area (Å²) < 4.78 is 13.7. The molecule has 5 heteroatoms. The van der Waals surface area contributed by atoms with Crippen LogP contribution in [0.4, 0.5) is 10.2 Å². The Morgan fingerprint density at radius 1 is 1.39 bits per heavy atom. The number of hydrogen-bond acceptors (Lipinski definition) is 3. The summed E-state index contributed by atoms with van der Waals surface area (Å²) in [5.41, 5.74) is 0. The maximum atomic E-state index is 13.7. The lowest BCUT2D eigenvalue weighted by Crippen LogP contribution is -2.26. The summed E-state index contributed by atoms with van der Waals surface area (Å²) in [4.78, 5) is 9.66. The molecule has 0 bridgehead atoms. The maximum Gasteiger partial charge on any atom is 0.224 e. The van der Waals surface area contributed by atoms with Crippen LogP contribution in [-0.2, 0) is 0 Å². The molecule has 3 nitrogen and oxygen atoms in total. The first-order valence-electron chi connectivity index (χ1n) is 6.51. The molecule has 1 atom stereocenters. The third kappa shape index (κ3) is 3.10. The molecule has 1 aromatic rings. The van der Waals surface area contributed by atoms with Crippen LogP contribution >= 0.6 is 11.6 Å². The second kappa shape index (κ2) is 5.83. The highest BCUT2D eigenvalue weighted by molar-refractivity contribution is 6.28. The van der Waals surface area contributed by atoms with Crippen LogP contribution in [0.2, 0.25) is 5.28 Å². The molecule has 0 aliphatic carbocycles. The summed E-state index contributed by atoms with van der Waals surface area (Å²) in [7, 11) is 0. The van der Waals surface area contributed by atoms with E-state index in [1.54, 1.807) is 0 Å². The Labute approximate surface area is 112 Å². The smallest absolute Gasteiger partial charge is 0.224 e. The van der Waals surface area contributed by atoms with Gasteiger partial charge in [-0.1, -0.05) is 13.8 Å². The quantitative estimate of drug-likeness (QED) is 0.771. The van der Waals surface area contributed by atoms with Gasteiger partial charge in [-0.3, -0.25) is 0 Å². The minimum Gasteiger partial charge on any atom is -0.354 e. The fourth-order valence-electron chi connectivity index (χ4n) is 2.56. The van der Waals surface area contributed by atoms with Gasteiger partial charge in [0.15, 0.2) is 11.6 Å². The van der Waals surface area contributed by atoms with Gasteiger partial charge in [0.2, 0.25) is 5.28 Å². The van der Waals surface area contributed by atoms with Gasteiger partial charge in [-0.25, -0.2) is 9.37 Å². The fraction of sp³-hybridized carbons (Fsp3) is 0.692. The van der Waals surface area contributed by atoms with E-state index in [9.17, 15) is 4.39 Å². The van der Waals surface area contributed by atoms with Crippen LogP contribution in [0.3, 0.4) is 0 Å².